The van der Waals surface area contributed by atoms with E-state index in [4.69, 9.17) is 4.74 Å². The topological polar surface area (TPSA) is 47.0 Å². The molecule has 0 unspecified atom stereocenters. The van der Waals surface area contributed by atoms with E-state index in [1.165, 1.54) is 0 Å². The Balaban J connectivity index is 2.53. The third-order valence-corrected chi connectivity index (χ3v) is 3.56. The minimum Gasteiger partial charge on any atom is -0.478 e. The Morgan fingerprint density at radius 3 is 2.88 bits per heavy atom. The lowest BCUT2D eigenvalue weighted by atomic mass is 10.2. The quantitative estimate of drug-likeness (QED) is 0.812. The lowest BCUT2D eigenvalue weighted by Crippen LogP contribution is -2.26. The van der Waals surface area contributed by atoms with Gasteiger partial charge in [-0.05, 0) is 26.5 Å². The fourth-order valence-corrected chi connectivity index (χ4v) is 1.29. The van der Waals surface area contributed by atoms with Gasteiger partial charge in [0.25, 0.3) is 0 Å². The molecule has 1 aromatic heterocycles. The van der Waals surface area contributed by atoms with Crippen molar-refractivity contribution in [3.63, 3.8) is 0 Å². The van der Waals surface area contributed by atoms with E-state index in [9.17, 15) is 0 Å². The summed E-state index contributed by atoms with van der Waals surface area (Å²) in [5.74, 6) is 1.26. The van der Waals surface area contributed by atoms with Crippen molar-refractivity contribution in [1.82, 2.24) is 9.97 Å². The van der Waals surface area contributed by atoms with Crippen LogP contribution in [-0.2, 0) is 0 Å². The minimum atomic E-state index is 0.170. The third-order valence-electron chi connectivity index (χ3n) is 2.31. The molecule has 4 nitrogen and oxygen atoms in total. The smallest absolute Gasteiger partial charge is 0.225 e. The fraction of sp³-hybridized carbons (Fsp3) is 0.667. The van der Waals surface area contributed by atoms with E-state index in [0.29, 0.717) is 18.4 Å². The number of rotatable bonds is 7. The van der Waals surface area contributed by atoms with Crippen molar-refractivity contribution in [2.45, 2.75) is 31.9 Å². The molecule has 0 aromatic carbocycles. The van der Waals surface area contributed by atoms with Gasteiger partial charge in [0.05, 0.1) is 6.61 Å². The Morgan fingerprint density at radius 2 is 2.24 bits per heavy atom. The van der Waals surface area contributed by atoms with Crippen LogP contribution < -0.4 is 10.1 Å². The third kappa shape index (κ3) is 5.26. The van der Waals surface area contributed by atoms with Crippen LogP contribution in [0.2, 0.25) is 0 Å². The number of nitrogens with zero attached hydrogens (tertiary/aromatic N) is 2. The van der Waals surface area contributed by atoms with Crippen LogP contribution in [-0.4, -0.2) is 34.1 Å². The molecule has 0 amide bonds. The Morgan fingerprint density at radius 1 is 1.47 bits per heavy atom. The van der Waals surface area contributed by atoms with Gasteiger partial charge in [0.15, 0.2) is 0 Å². The van der Waals surface area contributed by atoms with Gasteiger partial charge in [0.2, 0.25) is 11.8 Å². The molecule has 0 fully saturated rings. The van der Waals surface area contributed by atoms with Crippen molar-refractivity contribution < 1.29 is 4.74 Å². The van der Waals surface area contributed by atoms with Gasteiger partial charge in [0, 0.05) is 23.6 Å². The lowest BCUT2D eigenvalue weighted by molar-refractivity contribution is 0.305. The molecule has 1 aromatic rings. The standard InChI is InChI=1S/C12H21N3OS/c1-5-8-16-10-6-7-13-11(15-10)14-9-12(2,3)17-4/h6-7H,5,8-9H2,1-4H3,(H,13,14,15). The normalized spacial score (nSPS) is 11.3. The van der Waals surface area contributed by atoms with Gasteiger partial charge < -0.3 is 10.1 Å². The van der Waals surface area contributed by atoms with Crippen LogP contribution in [0.25, 0.3) is 0 Å². The second-order valence-electron chi connectivity index (χ2n) is 4.38. The molecule has 1 N–H and O–H groups in total. The first-order valence-corrected chi connectivity index (χ1v) is 7.05. The van der Waals surface area contributed by atoms with Crippen LogP contribution in [0.15, 0.2) is 12.3 Å². The number of thioether (sulfide) groups is 1. The first-order valence-electron chi connectivity index (χ1n) is 5.82. The van der Waals surface area contributed by atoms with E-state index in [2.05, 4.69) is 42.3 Å². The highest BCUT2D eigenvalue weighted by Gasteiger charge is 2.15. The second-order valence-corrected chi connectivity index (χ2v) is 5.90. The molecular formula is C12H21N3OS. The molecular weight excluding hydrogens is 234 g/mol. The summed E-state index contributed by atoms with van der Waals surface area (Å²) in [7, 11) is 0. The van der Waals surface area contributed by atoms with Gasteiger partial charge in [0.1, 0.15) is 0 Å². The lowest BCUT2D eigenvalue weighted by Gasteiger charge is -2.22. The van der Waals surface area contributed by atoms with E-state index < -0.39 is 0 Å². The van der Waals surface area contributed by atoms with Crippen LogP contribution in [0.4, 0.5) is 5.95 Å². The highest BCUT2D eigenvalue weighted by atomic mass is 32.2. The number of ether oxygens (including phenoxy) is 1. The first-order chi connectivity index (χ1) is 8.07. The first kappa shape index (κ1) is 14.1. The Bertz CT molecular complexity index is 344. The molecule has 0 saturated carbocycles. The Hall–Kier alpha value is -0.970. The van der Waals surface area contributed by atoms with E-state index >= 15 is 0 Å². The minimum absolute atomic E-state index is 0.170. The molecule has 0 aliphatic rings. The summed E-state index contributed by atoms with van der Waals surface area (Å²) >= 11 is 1.82. The zero-order valence-corrected chi connectivity index (χ0v) is 11.8. The number of hydrogen-bond acceptors (Lipinski definition) is 5. The molecule has 0 aliphatic carbocycles. The van der Waals surface area contributed by atoms with Gasteiger partial charge in [-0.15, -0.1) is 0 Å². The van der Waals surface area contributed by atoms with Crippen molar-refractivity contribution in [2.24, 2.45) is 0 Å². The highest BCUT2D eigenvalue weighted by molar-refractivity contribution is 7.99. The van der Waals surface area contributed by atoms with Gasteiger partial charge >= 0.3 is 0 Å². The van der Waals surface area contributed by atoms with Crippen molar-refractivity contribution in [2.75, 3.05) is 24.7 Å². The molecule has 1 heterocycles. The summed E-state index contributed by atoms with van der Waals surface area (Å²) in [5.41, 5.74) is 0. The SMILES string of the molecule is CCCOc1ccnc(NCC(C)(C)SC)n1. The van der Waals surface area contributed by atoms with Crippen LogP contribution in [0.3, 0.4) is 0 Å². The maximum absolute atomic E-state index is 5.46. The number of anilines is 1. The summed E-state index contributed by atoms with van der Waals surface area (Å²) in [6.07, 6.45) is 4.79. The molecule has 0 spiro atoms. The molecule has 0 saturated heterocycles. The van der Waals surface area contributed by atoms with Gasteiger partial charge in [-0.2, -0.15) is 16.7 Å². The Kier molecular flexibility index (Phi) is 5.55. The largest absolute Gasteiger partial charge is 0.478 e. The molecule has 0 atom stereocenters. The number of aromatic nitrogens is 2. The monoisotopic (exact) mass is 255 g/mol. The van der Waals surface area contributed by atoms with E-state index in [1.54, 1.807) is 12.3 Å². The average molecular weight is 255 g/mol. The zero-order chi connectivity index (χ0) is 12.7. The van der Waals surface area contributed by atoms with Crippen molar-refractivity contribution in [1.29, 1.82) is 0 Å². The molecule has 0 bridgehead atoms. The summed E-state index contributed by atoms with van der Waals surface area (Å²) in [6.45, 7) is 7.95. The van der Waals surface area contributed by atoms with Crippen LogP contribution in [0.1, 0.15) is 27.2 Å². The molecule has 96 valence electrons. The number of hydrogen-bond donors (Lipinski definition) is 1. The van der Waals surface area contributed by atoms with Crippen molar-refractivity contribution >= 4 is 17.7 Å². The molecule has 0 aliphatic heterocycles. The van der Waals surface area contributed by atoms with Gasteiger partial charge in [-0.3, -0.25) is 0 Å². The van der Waals surface area contributed by atoms with Crippen LogP contribution in [0, 0.1) is 0 Å². The summed E-state index contributed by atoms with van der Waals surface area (Å²) in [4.78, 5) is 8.47. The fourth-order valence-electron chi connectivity index (χ4n) is 1.08. The van der Waals surface area contributed by atoms with Gasteiger partial charge in [-0.1, -0.05) is 6.92 Å². The average Bonchev–Trinajstić information content (AvgIpc) is 2.35. The Labute approximate surface area is 108 Å². The van der Waals surface area contributed by atoms with Crippen LogP contribution >= 0.6 is 11.8 Å². The highest BCUT2D eigenvalue weighted by Crippen LogP contribution is 2.21. The summed E-state index contributed by atoms with van der Waals surface area (Å²) in [5, 5.41) is 3.23. The van der Waals surface area contributed by atoms with Gasteiger partial charge in [-0.25, -0.2) is 4.98 Å². The predicted molar refractivity (Wildman–Crippen MR) is 73.9 cm³/mol. The number of nitrogens with one attached hydrogen (secondary N) is 1. The molecule has 1 rings (SSSR count). The maximum Gasteiger partial charge on any atom is 0.225 e. The summed E-state index contributed by atoms with van der Waals surface area (Å²) in [6, 6.07) is 1.78. The van der Waals surface area contributed by atoms with E-state index in [-0.39, 0.29) is 4.75 Å². The van der Waals surface area contributed by atoms with Crippen molar-refractivity contribution in [3.05, 3.63) is 12.3 Å². The molecule has 5 heteroatoms. The predicted octanol–water partition coefficient (Wildman–Crippen LogP) is 2.82. The summed E-state index contributed by atoms with van der Waals surface area (Å²) < 4.78 is 5.63. The van der Waals surface area contributed by atoms with Crippen molar-refractivity contribution in [3.8, 4) is 5.88 Å². The van der Waals surface area contributed by atoms with Crippen LogP contribution in [0.5, 0.6) is 5.88 Å². The molecule has 0 radical (unpaired) electrons. The zero-order valence-electron chi connectivity index (χ0n) is 11.0. The van der Waals surface area contributed by atoms with E-state index in [0.717, 1.165) is 13.0 Å². The molecule has 17 heavy (non-hydrogen) atoms. The maximum atomic E-state index is 5.46. The second kappa shape index (κ2) is 6.69. The van der Waals surface area contributed by atoms with E-state index in [1.807, 2.05) is 11.8 Å².